The summed E-state index contributed by atoms with van der Waals surface area (Å²) in [4.78, 5) is 7.58. The largest absolute Gasteiger partial charge is 0.222 e. The van der Waals surface area contributed by atoms with Crippen molar-refractivity contribution in [2.45, 2.75) is 11.5 Å². The van der Waals surface area contributed by atoms with Gasteiger partial charge in [0.25, 0.3) is 0 Å². The predicted octanol–water partition coefficient (Wildman–Crippen LogP) is 2.92. The van der Waals surface area contributed by atoms with Gasteiger partial charge in [0.1, 0.15) is 0 Å². The van der Waals surface area contributed by atoms with Crippen molar-refractivity contribution in [3.05, 3.63) is 0 Å². The zero-order chi connectivity index (χ0) is 9.23. The number of aliphatic imine (C=N–C) groups is 2. The van der Waals surface area contributed by atoms with Crippen molar-refractivity contribution < 1.29 is 0 Å². The van der Waals surface area contributed by atoms with E-state index >= 15 is 0 Å². The third kappa shape index (κ3) is 8.40. The summed E-state index contributed by atoms with van der Waals surface area (Å²) in [6.07, 6.45) is 0. The molecule has 0 atom stereocenters. The molecule has 0 aromatic carbocycles. The number of isothiocyanates is 2. The Bertz CT molecular complexity index is 184. The first kappa shape index (κ1) is 12.3. The predicted molar refractivity (Wildman–Crippen MR) is 64.4 cm³/mol. The maximum Gasteiger partial charge on any atom is 0.0958 e. The smallest absolute Gasteiger partial charge is 0.0958 e. The number of nitrogens with zero attached hydrogens (tertiary/aromatic N) is 2. The van der Waals surface area contributed by atoms with Crippen LogP contribution in [0.4, 0.5) is 0 Å². The Labute approximate surface area is 91.3 Å². The molecule has 6 heteroatoms. The van der Waals surface area contributed by atoms with Crippen LogP contribution in [0.2, 0.25) is 0 Å². The first-order valence-corrected chi connectivity index (χ1v) is 6.03. The van der Waals surface area contributed by atoms with Gasteiger partial charge in [-0.2, -0.15) is 0 Å². The normalized spacial score (nSPS) is 11.1. The van der Waals surface area contributed by atoms with Crippen molar-refractivity contribution in [1.82, 2.24) is 0 Å². The molecule has 12 heavy (non-hydrogen) atoms. The Hall–Kier alpha value is 0.300. The van der Waals surface area contributed by atoms with Gasteiger partial charge in [0.2, 0.25) is 0 Å². The molecule has 0 bridgehead atoms. The van der Waals surface area contributed by atoms with Crippen molar-refractivity contribution >= 4 is 58.3 Å². The summed E-state index contributed by atoms with van der Waals surface area (Å²) in [5.74, 6) is 1.33. The number of hydrogen-bond donors (Lipinski definition) is 0. The molecule has 0 saturated carbocycles. The van der Waals surface area contributed by atoms with E-state index in [-0.39, 0.29) is 0 Å². The minimum absolute atomic E-state index is 0.448. The van der Waals surface area contributed by atoms with Crippen LogP contribution in [0.5, 0.6) is 0 Å². The third-order valence-corrected chi connectivity index (χ3v) is 3.45. The zero-order valence-corrected chi connectivity index (χ0v) is 9.78. The summed E-state index contributed by atoms with van der Waals surface area (Å²) in [5.41, 5.74) is 0. The van der Waals surface area contributed by atoms with Gasteiger partial charge in [-0.25, -0.2) is 9.98 Å². The summed E-state index contributed by atoms with van der Waals surface area (Å²) in [6.45, 7) is 2.09. The molecule has 0 aromatic heterocycles. The highest BCUT2D eigenvalue weighted by Crippen LogP contribution is 2.22. The second-order valence-corrected chi connectivity index (χ2v) is 4.92. The summed E-state index contributed by atoms with van der Waals surface area (Å²) < 4.78 is 0.448. The minimum Gasteiger partial charge on any atom is -0.222 e. The lowest BCUT2D eigenvalue weighted by Crippen LogP contribution is -1.90. The first-order chi connectivity index (χ1) is 5.81. The molecule has 0 aliphatic heterocycles. The molecule has 0 fully saturated rings. The molecule has 0 amide bonds. The lowest BCUT2D eigenvalue weighted by Gasteiger charge is -2.04. The van der Waals surface area contributed by atoms with E-state index in [1.54, 1.807) is 23.5 Å². The van der Waals surface area contributed by atoms with Crippen LogP contribution >= 0.6 is 48.0 Å². The van der Waals surface area contributed by atoms with Crippen LogP contribution in [0.25, 0.3) is 0 Å². The second-order valence-electron chi connectivity index (χ2n) is 1.66. The van der Waals surface area contributed by atoms with Crippen LogP contribution in [0.15, 0.2) is 9.98 Å². The fourth-order valence-corrected chi connectivity index (χ4v) is 2.13. The van der Waals surface area contributed by atoms with Gasteiger partial charge in [0, 0.05) is 0 Å². The first-order valence-electron chi connectivity index (χ1n) is 3.11. The lowest BCUT2D eigenvalue weighted by atomic mass is 11.0. The van der Waals surface area contributed by atoms with E-state index in [9.17, 15) is 0 Å². The van der Waals surface area contributed by atoms with Crippen molar-refractivity contribution in [2.75, 3.05) is 11.8 Å². The molecule has 0 aromatic rings. The standard InChI is InChI=1S/C6H8N2S4/c1-6(11-4-7-2-9)12-5-8-3-10/h6H,4-5H2,1H3. The number of thiocarbonyl (C=S) groups is 2. The van der Waals surface area contributed by atoms with Gasteiger partial charge in [-0.15, -0.1) is 23.5 Å². The van der Waals surface area contributed by atoms with E-state index in [0.717, 1.165) is 0 Å². The van der Waals surface area contributed by atoms with E-state index in [4.69, 9.17) is 0 Å². The topological polar surface area (TPSA) is 24.7 Å². The van der Waals surface area contributed by atoms with E-state index in [1.165, 1.54) is 0 Å². The van der Waals surface area contributed by atoms with E-state index in [1.807, 2.05) is 0 Å². The Morgan fingerprint density at radius 3 is 1.92 bits per heavy atom. The Balaban J connectivity index is 3.38. The molecular formula is C6H8N2S4. The molecule has 2 nitrogen and oxygen atoms in total. The molecule has 66 valence electrons. The van der Waals surface area contributed by atoms with Crippen molar-refractivity contribution in [1.29, 1.82) is 0 Å². The van der Waals surface area contributed by atoms with E-state index in [0.29, 0.717) is 16.3 Å². The van der Waals surface area contributed by atoms with Gasteiger partial charge >= 0.3 is 0 Å². The lowest BCUT2D eigenvalue weighted by molar-refractivity contribution is 1.33. The van der Waals surface area contributed by atoms with Gasteiger partial charge in [-0.1, -0.05) is 0 Å². The summed E-state index contributed by atoms with van der Waals surface area (Å²) in [5, 5.41) is 4.63. The van der Waals surface area contributed by atoms with Crippen LogP contribution in [-0.2, 0) is 0 Å². The van der Waals surface area contributed by atoms with Crippen molar-refractivity contribution in [3.8, 4) is 0 Å². The third-order valence-electron chi connectivity index (χ3n) is 0.877. The highest BCUT2D eigenvalue weighted by Gasteiger charge is 1.99. The summed E-state index contributed by atoms with van der Waals surface area (Å²) in [7, 11) is 0. The summed E-state index contributed by atoms with van der Waals surface area (Å²) in [6, 6.07) is 0. The molecule has 0 radical (unpaired) electrons. The van der Waals surface area contributed by atoms with E-state index in [2.05, 4.69) is 51.7 Å². The quantitative estimate of drug-likeness (QED) is 0.402. The van der Waals surface area contributed by atoms with Crippen LogP contribution < -0.4 is 0 Å². The van der Waals surface area contributed by atoms with Crippen molar-refractivity contribution in [3.63, 3.8) is 0 Å². The van der Waals surface area contributed by atoms with Gasteiger partial charge < -0.3 is 0 Å². The number of thioether (sulfide) groups is 2. The van der Waals surface area contributed by atoms with Crippen molar-refractivity contribution in [2.24, 2.45) is 9.98 Å². The zero-order valence-electron chi connectivity index (χ0n) is 6.52. The highest BCUT2D eigenvalue weighted by molar-refractivity contribution is 8.16. The number of rotatable bonds is 6. The average Bonchev–Trinajstić information content (AvgIpc) is 2.06. The maximum absolute atomic E-state index is 4.43. The molecule has 0 aliphatic rings. The maximum atomic E-state index is 4.43. The Morgan fingerprint density at radius 2 is 1.58 bits per heavy atom. The van der Waals surface area contributed by atoms with Gasteiger partial charge in [-0.3, -0.25) is 0 Å². The molecular weight excluding hydrogens is 228 g/mol. The fourth-order valence-electron chi connectivity index (χ4n) is 0.385. The van der Waals surface area contributed by atoms with Crippen LogP contribution in [-0.4, -0.2) is 26.7 Å². The summed E-state index contributed by atoms with van der Waals surface area (Å²) >= 11 is 12.3. The molecule has 0 unspecified atom stereocenters. The van der Waals surface area contributed by atoms with Crippen LogP contribution in [0, 0.1) is 0 Å². The number of hydrogen-bond acceptors (Lipinski definition) is 6. The van der Waals surface area contributed by atoms with E-state index < -0.39 is 0 Å². The molecule has 0 saturated heterocycles. The Morgan fingerprint density at radius 1 is 1.17 bits per heavy atom. The highest BCUT2D eigenvalue weighted by atomic mass is 32.2. The minimum atomic E-state index is 0.448. The molecule has 0 rings (SSSR count). The van der Waals surface area contributed by atoms with Gasteiger partial charge in [-0.05, 0) is 31.4 Å². The molecule has 0 heterocycles. The molecule has 0 aliphatic carbocycles. The van der Waals surface area contributed by atoms with Gasteiger partial charge in [0.05, 0.1) is 26.7 Å². The monoisotopic (exact) mass is 236 g/mol. The Kier molecular flexibility index (Phi) is 9.62. The molecule has 0 N–H and O–H groups in total. The SMILES string of the molecule is CC(SCN=C=S)SCN=C=S. The van der Waals surface area contributed by atoms with Crippen LogP contribution in [0.3, 0.4) is 0 Å². The average molecular weight is 236 g/mol. The van der Waals surface area contributed by atoms with Crippen LogP contribution in [0.1, 0.15) is 6.92 Å². The fraction of sp³-hybridized carbons (Fsp3) is 0.667. The van der Waals surface area contributed by atoms with Gasteiger partial charge in [0.15, 0.2) is 0 Å². The molecule has 0 spiro atoms. The second kappa shape index (κ2) is 9.39.